The van der Waals surface area contributed by atoms with Crippen LogP contribution in [0.25, 0.3) is 5.65 Å². The molecule has 0 radical (unpaired) electrons. The highest BCUT2D eigenvalue weighted by atomic mass is 15.2. The Hall–Kier alpha value is -1.55. The first kappa shape index (κ1) is 13.9. The summed E-state index contributed by atoms with van der Waals surface area (Å²) in [6, 6.07) is 7.29. The van der Waals surface area contributed by atoms with Crippen molar-refractivity contribution >= 4 is 11.5 Å². The van der Waals surface area contributed by atoms with Crippen molar-refractivity contribution in [2.45, 2.75) is 39.8 Å². The summed E-state index contributed by atoms with van der Waals surface area (Å²) in [6.07, 6.45) is 3.81. The van der Waals surface area contributed by atoms with Gasteiger partial charge in [-0.15, -0.1) is 0 Å². The topological polar surface area (TPSA) is 32.6 Å². The van der Waals surface area contributed by atoms with Crippen LogP contribution in [0, 0.1) is 0 Å². The van der Waals surface area contributed by atoms with Crippen LogP contribution in [0.4, 0.5) is 5.82 Å². The number of nitrogens with one attached hydrogen (secondary N) is 1. The Morgan fingerprint density at radius 2 is 1.95 bits per heavy atom. The summed E-state index contributed by atoms with van der Waals surface area (Å²) < 4.78 is 2.08. The van der Waals surface area contributed by atoms with E-state index in [-0.39, 0.29) is 0 Å². The highest BCUT2D eigenvalue weighted by Gasteiger charge is 2.12. The molecular weight excluding hydrogens is 236 g/mol. The highest BCUT2D eigenvalue weighted by Crippen LogP contribution is 2.11. The maximum Gasteiger partial charge on any atom is 0.138 e. The first-order chi connectivity index (χ1) is 9.09. The van der Waals surface area contributed by atoms with Crippen molar-refractivity contribution in [2.24, 2.45) is 0 Å². The van der Waals surface area contributed by atoms with Gasteiger partial charge in [-0.1, -0.05) is 6.07 Å². The molecule has 19 heavy (non-hydrogen) atoms. The lowest BCUT2D eigenvalue weighted by atomic mass is 10.2. The molecule has 1 N–H and O–H groups in total. The lowest BCUT2D eigenvalue weighted by Gasteiger charge is -2.30. The molecule has 2 heterocycles. The molecule has 2 aromatic heterocycles. The number of hydrogen-bond acceptors (Lipinski definition) is 3. The third-order valence-electron chi connectivity index (χ3n) is 3.43. The Bertz CT molecular complexity index is 508. The molecule has 0 spiro atoms. The van der Waals surface area contributed by atoms with Crippen LogP contribution in [0.5, 0.6) is 0 Å². The van der Waals surface area contributed by atoms with Crippen molar-refractivity contribution in [3.8, 4) is 0 Å². The minimum Gasteiger partial charge on any atom is -0.370 e. The molecule has 4 nitrogen and oxygen atoms in total. The van der Waals surface area contributed by atoms with Gasteiger partial charge in [0.15, 0.2) is 0 Å². The minimum absolute atomic E-state index is 0.575. The van der Waals surface area contributed by atoms with E-state index in [2.05, 4.69) is 53.4 Å². The average Bonchev–Trinajstić information content (AvgIpc) is 2.82. The lowest BCUT2D eigenvalue weighted by molar-refractivity contribution is 0.182. The summed E-state index contributed by atoms with van der Waals surface area (Å²) in [5.41, 5.74) is 0.981. The Balaban J connectivity index is 1.97. The zero-order valence-electron chi connectivity index (χ0n) is 12.3. The Labute approximate surface area is 115 Å². The van der Waals surface area contributed by atoms with Crippen molar-refractivity contribution in [1.29, 1.82) is 0 Å². The number of aromatic nitrogens is 2. The van der Waals surface area contributed by atoms with Crippen LogP contribution in [-0.4, -0.2) is 39.5 Å². The Morgan fingerprint density at radius 3 is 2.63 bits per heavy atom. The predicted octanol–water partition coefficient (Wildman–Crippen LogP) is 2.87. The predicted molar refractivity (Wildman–Crippen MR) is 80.7 cm³/mol. The fourth-order valence-electron chi connectivity index (χ4n) is 2.52. The van der Waals surface area contributed by atoms with Gasteiger partial charge < -0.3 is 5.32 Å². The second-order valence-electron chi connectivity index (χ2n) is 5.42. The normalized spacial score (nSPS) is 11.9. The quantitative estimate of drug-likeness (QED) is 0.867. The summed E-state index contributed by atoms with van der Waals surface area (Å²) in [7, 11) is 0. The monoisotopic (exact) mass is 260 g/mol. The SMILES string of the molecule is CC(C)N(CCNc1cccc2nccn12)C(C)C. The zero-order chi connectivity index (χ0) is 13.8. The molecule has 0 amide bonds. The Kier molecular flexibility index (Phi) is 4.43. The minimum atomic E-state index is 0.575. The third kappa shape index (κ3) is 3.26. The lowest BCUT2D eigenvalue weighted by Crippen LogP contribution is -2.40. The maximum atomic E-state index is 4.29. The van der Waals surface area contributed by atoms with Gasteiger partial charge in [0.25, 0.3) is 0 Å². The molecule has 0 fully saturated rings. The molecule has 4 heteroatoms. The molecule has 0 aliphatic heterocycles. The fourth-order valence-corrected chi connectivity index (χ4v) is 2.52. The summed E-state index contributed by atoms with van der Waals surface area (Å²) in [4.78, 5) is 6.78. The van der Waals surface area contributed by atoms with E-state index in [0.717, 1.165) is 24.6 Å². The average molecular weight is 260 g/mol. The number of anilines is 1. The van der Waals surface area contributed by atoms with E-state index in [0.29, 0.717) is 12.1 Å². The molecule has 0 saturated heterocycles. The van der Waals surface area contributed by atoms with Crippen LogP contribution >= 0.6 is 0 Å². The molecule has 2 aromatic rings. The number of pyridine rings is 1. The van der Waals surface area contributed by atoms with Crippen LogP contribution in [0.1, 0.15) is 27.7 Å². The molecule has 0 aliphatic carbocycles. The molecule has 0 unspecified atom stereocenters. The standard InChI is InChI=1S/C15H24N4/c1-12(2)18(13(3)4)10-8-16-14-6-5-7-15-17-9-11-19(14)15/h5-7,9,11-13,16H,8,10H2,1-4H3. The summed E-state index contributed by atoms with van der Waals surface area (Å²) in [5, 5.41) is 3.50. The van der Waals surface area contributed by atoms with Gasteiger partial charge in [-0.3, -0.25) is 9.30 Å². The number of fused-ring (bicyclic) bond motifs is 1. The van der Waals surface area contributed by atoms with Gasteiger partial charge in [0.05, 0.1) is 0 Å². The van der Waals surface area contributed by atoms with Gasteiger partial charge in [-0.05, 0) is 39.8 Å². The van der Waals surface area contributed by atoms with Crippen LogP contribution in [0.3, 0.4) is 0 Å². The number of imidazole rings is 1. The molecule has 104 valence electrons. The Morgan fingerprint density at radius 1 is 1.21 bits per heavy atom. The molecule has 2 rings (SSSR count). The smallest absolute Gasteiger partial charge is 0.138 e. The van der Waals surface area contributed by atoms with E-state index >= 15 is 0 Å². The van der Waals surface area contributed by atoms with Gasteiger partial charge in [-0.25, -0.2) is 4.98 Å². The van der Waals surface area contributed by atoms with Crippen LogP contribution in [0.15, 0.2) is 30.6 Å². The van der Waals surface area contributed by atoms with E-state index in [4.69, 9.17) is 0 Å². The van der Waals surface area contributed by atoms with Crippen molar-refractivity contribution in [3.05, 3.63) is 30.6 Å². The number of rotatable bonds is 6. The van der Waals surface area contributed by atoms with Crippen molar-refractivity contribution in [3.63, 3.8) is 0 Å². The van der Waals surface area contributed by atoms with Crippen LogP contribution in [-0.2, 0) is 0 Å². The van der Waals surface area contributed by atoms with E-state index in [1.54, 1.807) is 0 Å². The van der Waals surface area contributed by atoms with Crippen molar-refractivity contribution in [2.75, 3.05) is 18.4 Å². The first-order valence-electron chi connectivity index (χ1n) is 7.01. The van der Waals surface area contributed by atoms with E-state index in [1.165, 1.54) is 0 Å². The first-order valence-corrected chi connectivity index (χ1v) is 7.01. The van der Waals surface area contributed by atoms with E-state index in [9.17, 15) is 0 Å². The molecule has 0 aromatic carbocycles. The molecule has 0 aliphatic rings. The summed E-state index contributed by atoms with van der Waals surface area (Å²) in [6.45, 7) is 11.0. The summed E-state index contributed by atoms with van der Waals surface area (Å²) >= 11 is 0. The molecule has 0 saturated carbocycles. The van der Waals surface area contributed by atoms with Gasteiger partial charge in [0.2, 0.25) is 0 Å². The third-order valence-corrected chi connectivity index (χ3v) is 3.43. The molecular formula is C15H24N4. The zero-order valence-corrected chi connectivity index (χ0v) is 12.3. The van der Waals surface area contributed by atoms with E-state index in [1.807, 2.05) is 24.5 Å². The largest absolute Gasteiger partial charge is 0.370 e. The molecule has 0 atom stereocenters. The van der Waals surface area contributed by atoms with Crippen LogP contribution < -0.4 is 5.32 Å². The van der Waals surface area contributed by atoms with Crippen LogP contribution in [0.2, 0.25) is 0 Å². The molecule has 0 bridgehead atoms. The fraction of sp³-hybridized carbons (Fsp3) is 0.533. The van der Waals surface area contributed by atoms with Gasteiger partial charge >= 0.3 is 0 Å². The van der Waals surface area contributed by atoms with Gasteiger partial charge in [-0.2, -0.15) is 0 Å². The maximum absolute atomic E-state index is 4.29. The number of hydrogen-bond donors (Lipinski definition) is 1. The second kappa shape index (κ2) is 6.06. The van der Waals surface area contributed by atoms with Gasteiger partial charge in [0.1, 0.15) is 11.5 Å². The summed E-state index contributed by atoms with van der Waals surface area (Å²) in [5.74, 6) is 1.10. The van der Waals surface area contributed by atoms with Crippen molar-refractivity contribution in [1.82, 2.24) is 14.3 Å². The van der Waals surface area contributed by atoms with Gasteiger partial charge in [0, 0.05) is 37.6 Å². The van der Waals surface area contributed by atoms with E-state index < -0.39 is 0 Å². The van der Waals surface area contributed by atoms with Crippen molar-refractivity contribution < 1.29 is 0 Å². The second-order valence-corrected chi connectivity index (χ2v) is 5.42. The highest BCUT2D eigenvalue weighted by molar-refractivity contribution is 5.49. The number of nitrogens with zero attached hydrogens (tertiary/aromatic N) is 3.